The molecular weight excluding hydrogens is 224 g/mol. The topological polar surface area (TPSA) is 41.1 Å². The largest absolute Gasteiger partial charge is 0.385 e. The number of carbonyl (C=O) groups is 1. The molecule has 1 aliphatic rings. The average Bonchev–Trinajstić information content (AvgIpc) is 2.76. The maximum atomic E-state index is 12.0. The third kappa shape index (κ3) is 3.25. The Morgan fingerprint density at radius 1 is 1.28 bits per heavy atom. The molecule has 2 atom stereocenters. The van der Waals surface area contributed by atoms with Crippen molar-refractivity contribution in [1.82, 2.24) is 5.32 Å². The third-order valence-electron chi connectivity index (χ3n) is 3.56. The van der Waals surface area contributed by atoms with Crippen molar-refractivity contribution in [3.05, 3.63) is 29.8 Å². The highest BCUT2D eigenvalue weighted by atomic mass is 16.1. The van der Waals surface area contributed by atoms with E-state index < -0.39 is 0 Å². The molecule has 98 valence electrons. The lowest BCUT2D eigenvalue weighted by Gasteiger charge is -2.12. The zero-order chi connectivity index (χ0) is 13.0. The first-order chi connectivity index (χ1) is 8.69. The van der Waals surface area contributed by atoms with Gasteiger partial charge in [-0.1, -0.05) is 6.92 Å². The standard InChI is InChI=1S/C15H22N2O/c1-3-16-13-8-5-12(6-9-13)15(18)17-14-7-4-11(2)10-14/h5-6,8-9,11,14,16H,3-4,7,10H2,1-2H3,(H,17,18). The second-order valence-corrected chi connectivity index (χ2v) is 5.20. The van der Waals surface area contributed by atoms with Gasteiger partial charge in [0, 0.05) is 23.8 Å². The molecule has 1 fully saturated rings. The zero-order valence-corrected chi connectivity index (χ0v) is 11.2. The Hall–Kier alpha value is -1.51. The van der Waals surface area contributed by atoms with Crippen molar-refractivity contribution < 1.29 is 4.79 Å². The number of amides is 1. The maximum Gasteiger partial charge on any atom is 0.251 e. The van der Waals surface area contributed by atoms with Gasteiger partial charge in [0.05, 0.1) is 0 Å². The van der Waals surface area contributed by atoms with Gasteiger partial charge >= 0.3 is 0 Å². The molecule has 0 aromatic heterocycles. The van der Waals surface area contributed by atoms with Crippen LogP contribution in [0.4, 0.5) is 5.69 Å². The fourth-order valence-corrected chi connectivity index (χ4v) is 2.55. The van der Waals surface area contributed by atoms with Crippen LogP contribution >= 0.6 is 0 Å². The number of nitrogens with one attached hydrogen (secondary N) is 2. The molecule has 3 nitrogen and oxygen atoms in total. The maximum absolute atomic E-state index is 12.0. The summed E-state index contributed by atoms with van der Waals surface area (Å²) in [5, 5.41) is 6.34. The number of carbonyl (C=O) groups excluding carboxylic acids is 1. The van der Waals surface area contributed by atoms with E-state index in [1.807, 2.05) is 24.3 Å². The summed E-state index contributed by atoms with van der Waals surface area (Å²) in [6.45, 7) is 5.20. The van der Waals surface area contributed by atoms with E-state index in [4.69, 9.17) is 0 Å². The molecule has 1 amide bonds. The van der Waals surface area contributed by atoms with Gasteiger partial charge in [-0.15, -0.1) is 0 Å². The molecule has 0 spiro atoms. The van der Waals surface area contributed by atoms with Gasteiger partial charge in [0.25, 0.3) is 5.91 Å². The lowest BCUT2D eigenvalue weighted by Crippen LogP contribution is -2.32. The average molecular weight is 246 g/mol. The Morgan fingerprint density at radius 2 is 2.00 bits per heavy atom. The van der Waals surface area contributed by atoms with E-state index in [2.05, 4.69) is 24.5 Å². The smallest absolute Gasteiger partial charge is 0.251 e. The first-order valence-corrected chi connectivity index (χ1v) is 6.84. The first kappa shape index (κ1) is 12.9. The molecule has 1 saturated carbocycles. The molecular formula is C15H22N2O. The molecule has 0 saturated heterocycles. The Labute approximate surface area is 109 Å². The van der Waals surface area contributed by atoms with Crippen LogP contribution in [0.5, 0.6) is 0 Å². The molecule has 0 aliphatic heterocycles. The predicted octanol–water partition coefficient (Wildman–Crippen LogP) is 3.04. The normalized spacial score (nSPS) is 22.8. The Morgan fingerprint density at radius 3 is 2.56 bits per heavy atom. The van der Waals surface area contributed by atoms with Crippen molar-refractivity contribution in [2.45, 2.75) is 39.2 Å². The van der Waals surface area contributed by atoms with Crippen LogP contribution in [0.1, 0.15) is 43.5 Å². The second kappa shape index (κ2) is 5.89. The summed E-state index contributed by atoms with van der Waals surface area (Å²) < 4.78 is 0. The fourth-order valence-electron chi connectivity index (χ4n) is 2.55. The number of rotatable bonds is 4. The van der Waals surface area contributed by atoms with Crippen molar-refractivity contribution >= 4 is 11.6 Å². The van der Waals surface area contributed by atoms with Crippen molar-refractivity contribution in [2.24, 2.45) is 5.92 Å². The highest BCUT2D eigenvalue weighted by Crippen LogP contribution is 2.24. The van der Waals surface area contributed by atoms with E-state index in [-0.39, 0.29) is 5.91 Å². The summed E-state index contributed by atoms with van der Waals surface area (Å²) in [4.78, 5) is 12.0. The molecule has 1 aromatic carbocycles. The third-order valence-corrected chi connectivity index (χ3v) is 3.56. The Balaban J connectivity index is 1.92. The number of hydrogen-bond donors (Lipinski definition) is 2. The quantitative estimate of drug-likeness (QED) is 0.857. The molecule has 1 aromatic rings. The molecule has 0 radical (unpaired) electrons. The van der Waals surface area contributed by atoms with E-state index >= 15 is 0 Å². The summed E-state index contributed by atoms with van der Waals surface area (Å²) in [5.74, 6) is 0.795. The van der Waals surface area contributed by atoms with Gasteiger partial charge in [0.1, 0.15) is 0 Å². The minimum absolute atomic E-state index is 0.0529. The summed E-state index contributed by atoms with van der Waals surface area (Å²) in [7, 11) is 0. The number of hydrogen-bond acceptors (Lipinski definition) is 2. The SMILES string of the molecule is CCNc1ccc(C(=O)NC2CCC(C)C2)cc1. The minimum Gasteiger partial charge on any atom is -0.385 e. The summed E-state index contributed by atoms with van der Waals surface area (Å²) in [6.07, 6.45) is 3.45. The molecule has 3 heteroatoms. The fraction of sp³-hybridized carbons (Fsp3) is 0.533. The Kier molecular flexibility index (Phi) is 4.24. The van der Waals surface area contributed by atoms with E-state index in [9.17, 15) is 4.79 Å². The lowest BCUT2D eigenvalue weighted by atomic mass is 10.1. The van der Waals surface area contributed by atoms with E-state index in [0.717, 1.165) is 36.6 Å². The van der Waals surface area contributed by atoms with Crippen LogP contribution in [0.25, 0.3) is 0 Å². The van der Waals surface area contributed by atoms with Crippen LogP contribution in [0, 0.1) is 5.92 Å². The van der Waals surface area contributed by atoms with Crippen LogP contribution in [-0.2, 0) is 0 Å². The van der Waals surface area contributed by atoms with Crippen molar-refractivity contribution in [1.29, 1.82) is 0 Å². The van der Waals surface area contributed by atoms with E-state index in [1.54, 1.807) is 0 Å². The molecule has 2 unspecified atom stereocenters. The lowest BCUT2D eigenvalue weighted by molar-refractivity contribution is 0.0937. The van der Waals surface area contributed by atoms with Crippen molar-refractivity contribution in [2.75, 3.05) is 11.9 Å². The van der Waals surface area contributed by atoms with Gasteiger partial charge in [-0.2, -0.15) is 0 Å². The van der Waals surface area contributed by atoms with E-state index in [1.165, 1.54) is 6.42 Å². The summed E-state index contributed by atoms with van der Waals surface area (Å²) in [5.41, 5.74) is 1.81. The number of anilines is 1. The molecule has 18 heavy (non-hydrogen) atoms. The molecule has 2 rings (SSSR count). The highest BCUT2D eigenvalue weighted by Gasteiger charge is 2.22. The zero-order valence-electron chi connectivity index (χ0n) is 11.2. The van der Waals surface area contributed by atoms with Crippen LogP contribution in [-0.4, -0.2) is 18.5 Å². The number of benzene rings is 1. The monoisotopic (exact) mass is 246 g/mol. The van der Waals surface area contributed by atoms with Gasteiger partial charge in [-0.05, 0) is 56.4 Å². The van der Waals surface area contributed by atoms with Gasteiger partial charge in [0.2, 0.25) is 0 Å². The van der Waals surface area contributed by atoms with Gasteiger partial charge in [-0.3, -0.25) is 4.79 Å². The van der Waals surface area contributed by atoms with Crippen LogP contribution in [0.2, 0.25) is 0 Å². The summed E-state index contributed by atoms with van der Waals surface area (Å²) in [6, 6.07) is 8.03. The first-order valence-electron chi connectivity index (χ1n) is 6.84. The van der Waals surface area contributed by atoms with Gasteiger partial charge in [-0.25, -0.2) is 0 Å². The van der Waals surface area contributed by atoms with Gasteiger partial charge in [0.15, 0.2) is 0 Å². The van der Waals surface area contributed by atoms with Gasteiger partial charge < -0.3 is 10.6 Å². The Bertz CT molecular complexity index is 399. The highest BCUT2D eigenvalue weighted by molar-refractivity contribution is 5.94. The van der Waals surface area contributed by atoms with E-state index in [0.29, 0.717) is 6.04 Å². The van der Waals surface area contributed by atoms with Crippen LogP contribution < -0.4 is 10.6 Å². The predicted molar refractivity (Wildman–Crippen MR) is 74.9 cm³/mol. The molecule has 2 N–H and O–H groups in total. The molecule has 1 aliphatic carbocycles. The van der Waals surface area contributed by atoms with Crippen molar-refractivity contribution in [3.63, 3.8) is 0 Å². The minimum atomic E-state index is 0.0529. The summed E-state index contributed by atoms with van der Waals surface area (Å²) >= 11 is 0. The molecule has 0 bridgehead atoms. The van der Waals surface area contributed by atoms with Crippen LogP contribution in [0.15, 0.2) is 24.3 Å². The molecule has 0 heterocycles. The van der Waals surface area contributed by atoms with Crippen LogP contribution in [0.3, 0.4) is 0 Å². The van der Waals surface area contributed by atoms with Crippen molar-refractivity contribution in [3.8, 4) is 0 Å². The second-order valence-electron chi connectivity index (χ2n) is 5.20.